The van der Waals surface area contributed by atoms with E-state index in [2.05, 4.69) is 15.5 Å². The summed E-state index contributed by atoms with van der Waals surface area (Å²) in [5.74, 6) is 0.807. The number of nitrogens with zero attached hydrogens (tertiary/aromatic N) is 2. The van der Waals surface area contributed by atoms with Gasteiger partial charge in [-0.05, 0) is 42.5 Å². The first kappa shape index (κ1) is 21.6. The predicted octanol–water partition coefficient (Wildman–Crippen LogP) is 3.80. The molecule has 3 N–H and O–H groups in total. The summed E-state index contributed by atoms with van der Waals surface area (Å²) in [6, 6.07) is 7.87. The summed E-state index contributed by atoms with van der Waals surface area (Å²) in [5, 5.41) is 12.6. The molecule has 0 bridgehead atoms. The zero-order chi connectivity index (χ0) is 18.4. The first-order valence-electron chi connectivity index (χ1n) is 9.08. The third-order valence-corrected chi connectivity index (χ3v) is 5.92. The highest BCUT2D eigenvalue weighted by molar-refractivity contribution is 7.15. The molecule has 6 nitrogen and oxygen atoms in total. The van der Waals surface area contributed by atoms with E-state index in [1.54, 1.807) is 7.11 Å². The predicted molar refractivity (Wildman–Crippen MR) is 111 cm³/mol. The van der Waals surface area contributed by atoms with Gasteiger partial charge < -0.3 is 15.8 Å². The van der Waals surface area contributed by atoms with E-state index in [0.717, 1.165) is 42.0 Å². The second-order valence-corrected chi connectivity index (χ2v) is 8.08. The van der Waals surface area contributed by atoms with Crippen molar-refractivity contribution in [1.82, 2.24) is 10.2 Å². The van der Waals surface area contributed by atoms with Gasteiger partial charge in [-0.15, -0.1) is 22.6 Å². The third kappa shape index (κ3) is 5.89. The van der Waals surface area contributed by atoms with Crippen LogP contribution in [-0.2, 0) is 11.2 Å². The molecular formula is C19H27ClN4O2S. The SMILES string of the molecule is COc1cccc(Cc2nnc(NC(=O)CC3(CN)CCCCC3)s2)c1.Cl. The number of ether oxygens (including phenoxy) is 1. The van der Waals surface area contributed by atoms with E-state index in [1.807, 2.05) is 24.3 Å². The Bertz CT molecular complexity index is 747. The van der Waals surface area contributed by atoms with Crippen LogP contribution in [0.4, 0.5) is 5.13 Å². The molecule has 1 aromatic carbocycles. The number of hydrogen-bond donors (Lipinski definition) is 2. The monoisotopic (exact) mass is 410 g/mol. The molecule has 0 saturated heterocycles. The lowest BCUT2D eigenvalue weighted by Gasteiger charge is -2.35. The summed E-state index contributed by atoms with van der Waals surface area (Å²) >= 11 is 1.41. The number of nitrogens with one attached hydrogen (secondary N) is 1. The molecule has 0 unspecified atom stereocenters. The summed E-state index contributed by atoms with van der Waals surface area (Å²) in [4.78, 5) is 12.5. The summed E-state index contributed by atoms with van der Waals surface area (Å²) in [6.45, 7) is 0.567. The van der Waals surface area contributed by atoms with Crippen LogP contribution in [-0.4, -0.2) is 29.8 Å². The third-order valence-electron chi connectivity index (χ3n) is 5.09. The second-order valence-electron chi connectivity index (χ2n) is 7.02. The Balaban J connectivity index is 0.00000261. The lowest BCUT2D eigenvalue weighted by molar-refractivity contribution is -0.118. The minimum Gasteiger partial charge on any atom is -0.497 e. The number of methoxy groups -OCH3 is 1. The van der Waals surface area contributed by atoms with E-state index < -0.39 is 0 Å². The number of hydrogen-bond acceptors (Lipinski definition) is 6. The highest BCUT2D eigenvalue weighted by Crippen LogP contribution is 2.38. The highest BCUT2D eigenvalue weighted by atomic mass is 35.5. The fourth-order valence-electron chi connectivity index (χ4n) is 3.59. The summed E-state index contributed by atoms with van der Waals surface area (Å²) < 4.78 is 5.24. The largest absolute Gasteiger partial charge is 0.497 e. The molecule has 1 amide bonds. The maximum atomic E-state index is 12.5. The van der Waals surface area contributed by atoms with Gasteiger partial charge in [-0.3, -0.25) is 4.79 Å². The van der Waals surface area contributed by atoms with Crippen LogP contribution in [0.1, 0.15) is 49.1 Å². The zero-order valence-corrected chi connectivity index (χ0v) is 17.2. The number of carbonyl (C=O) groups excluding carboxylic acids is 1. The van der Waals surface area contributed by atoms with E-state index in [4.69, 9.17) is 10.5 Å². The second kappa shape index (κ2) is 10.0. The van der Waals surface area contributed by atoms with Crippen molar-refractivity contribution in [2.75, 3.05) is 19.0 Å². The number of benzene rings is 1. The van der Waals surface area contributed by atoms with Crippen LogP contribution in [0.15, 0.2) is 24.3 Å². The summed E-state index contributed by atoms with van der Waals surface area (Å²) in [7, 11) is 1.65. The fraction of sp³-hybridized carbons (Fsp3) is 0.526. The van der Waals surface area contributed by atoms with Crippen LogP contribution in [0.5, 0.6) is 5.75 Å². The molecule has 8 heteroatoms. The number of nitrogens with two attached hydrogens (primary N) is 1. The van der Waals surface area contributed by atoms with Gasteiger partial charge in [0.05, 0.1) is 7.11 Å². The molecule has 1 fully saturated rings. The van der Waals surface area contributed by atoms with Crippen molar-refractivity contribution in [3.05, 3.63) is 34.8 Å². The maximum Gasteiger partial charge on any atom is 0.226 e. The number of anilines is 1. The van der Waals surface area contributed by atoms with Crippen molar-refractivity contribution in [3.63, 3.8) is 0 Å². The minimum absolute atomic E-state index is 0. The summed E-state index contributed by atoms with van der Waals surface area (Å²) in [6.07, 6.45) is 6.77. The topological polar surface area (TPSA) is 90.1 Å². The number of amides is 1. The molecule has 148 valence electrons. The van der Waals surface area contributed by atoms with Crippen LogP contribution in [0.25, 0.3) is 0 Å². The van der Waals surface area contributed by atoms with E-state index in [-0.39, 0.29) is 23.7 Å². The molecule has 1 heterocycles. The Labute approximate surface area is 170 Å². The van der Waals surface area contributed by atoms with E-state index >= 15 is 0 Å². The van der Waals surface area contributed by atoms with Crippen molar-refractivity contribution >= 4 is 34.8 Å². The van der Waals surface area contributed by atoms with Crippen LogP contribution in [0, 0.1) is 5.41 Å². The molecule has 0 atom stereocenters. The normalized spacial score (nSPS) is 15.6. The molecule has 2 aromatic rings. The van der Waals surface area contributed by atoms with Crippen molar-refractivity contribution in [2.24, 2.45) is 11.1 Å². The van der Waals surface area contributed by atoms with Gasteiger partial charge in [-0.25, -0.2) is 0 Å². The van der Waals surface area contributed by atoms with Crippen molar-refractivity contribution in [2.45, 2.75) is 44.9 Å². The number of rotatable bonds is 7. The van der Waals surface area contributed by atoms with E-state index in [1.165, 1.54) is 17.8 Å². The summed E-state index contributed by atoms with van der Waals surface area (Å²) in [5.41, 5.74) is 7.03. The standard InChI is InChI=1S/C19H26N4O2S.ClH/c1-25-15-7-5-6-14(10-15)11-17-22-23-18(26-17)21-16(24)12-19(13-20)8-3-2-4-9-19;/h5-7,10H,2-4,8-9,11-13,20H2,1H3,(H,21,23,24);1H. The van der Waals surface area contributed by atoms with Gasteiger partial charge in [-0.2, -0.15) is 0 Å². The molecule has 3 rings (SSSR count). The van der Waals surface area contributed by atoms with Gasteiger partial charge in [0, 0.05) is 12.8 Å². The average molecular weight is 411 g/mol. The first-order valence-corrected chi connectivity index (χ1v) is 9.89. The Kier molecular flexibility index (Phi) is 8.01. The van der Waals surface area contributed by atoms with Crippen LogP contribution in [0.3, 0.4) is 0 Å². The molecular weight excluding hydrogens is 384 g/mol. The average Bonchev–Trinajstić information content (AvgIpc) is 3.09. The van der Waals surface area contributed by atoms with Crippen molar-refractivity contribution in [3.8, 4) is 5.75 Å². The smallest absolute Gasteiger partial charge is 0.226 e. The number of carbonyl (C=O) groups is 1. The Morgan fingerprint density at radius 2 is 2.07 bits per heavy atom. The zero-order valence-electron chi connectivity index (χ0n) is 15.6. The fourth-order valence-corrected chi connectivity index (χ4v) is 4.38. The van der Waals surface area contributed by atoms with Gasteiger partial charge in [0.1, 0.15) is 10.8 Å². The Hall–Kier alpha value is -1.70. The lowest BCUT2D eigenvalue weighted by atomic mass is 9.72. The van der Waals surface area contributed by atoms with Gasteiger partial charge in [0.15, 0.2) is 0 Å². The van der Waals surface area contributed by atoms with Gasteiger partial charge in [-0.1, -0.05) is 42.7 Å². The number of halogens is 1. The molecule has 27 heavy (non-hydrogen) atoms. The van der Waals surface area contributed by atoms with Gasteiger partial charge in [0.2, 0.25) is 11.0 Å². The van der Waals surface area contributed by atoms with Crippen LogP contribution in [0.2, 0.25) is 0 Å². The number of aromatic nitrogens is 2. The molecule has 1 aromatic heterocycles. The molecule has 1 aliphatic rings. The molecule has 1 aliphatic carbocycles. The van der Waals surface area contributed by atoms with Crippen molar-refractivity contribution < 1.29 is 9.53 Å². The van der Waals surface area contributed by atoms with E-state index in [0.29, 0.717) is 24.5 Å². The Morgan fingerprint density at radius 3 is 2.78 bits per heavy atom. The maximum absolute atomic E-state index is 12.5. The Morgan fingerprint density at radius 1 is 1.30 bits per heavy atom. The molecule has 0 aliphatic heterocycles. The molecule has 0 radical (unpaired) electrons. The van der Waals surface area contributed by atoms with Crippen LogP contribution < -0.4 is 15.8 Å². The quantitative estimate of drug-likeness (QED) is 0.724. The van der Waals surface area contributed by atoms with Crippen molar-refractivity contribution in [1.29, 1.82) is 0 Å². The van der Waals surface area contributed by atoms with Crippen LogP contribution >= 0.6 is 23.7 Å². The molecule has 0 spiro atoms. The van der Waals surface area contributed by atoms with E-state index in [9.17, 15) is 4.79 Å². The molecule has 1 saturated carbocycles. The lowest BCUT2D eigenvalue weighted by Crippen LogP contribution is -2.36. The van der Waals surface area contributed by atoms with Gasteiger partial charge >= 0.3 is 0 Å². The first-order chi connectivity index (χ1) is 12.6. The minimum atomic E-state index is -0.0452. The van der Waals surface area contributed by atoms with Gasteiger partial charge in [0.25, 0.3) is 0 Å². The highest BCUT2D eigenvalue weighted by Gasteiger charge is 2.33.